The number of pyridine rings is 1. The highest BCUT2D eigenvalue weighted by molar-refractivity contribution is 7.99. The van der Waals surface area contributed by atoms with E-state index in [9.17, 15) is 0 Å². The van der Waals surface area contributed by atoms with Gasteiger partial charge in [0.25, 0.3) is 5.16 Å². The lowest BCUT2D eigenvalue weighted by Gasteiger charge is -2.36. The third kappa shape index (κ3) is 7.60. The monoisotopic (exact) mass is 712 g/mol. The number of rotatable bonds is 10. The van der Waals surface area contributed by atoms with E-state index in [1.165, 1.54) is 16.8 Å². The zero-order valence-corrected chi connectivity index (χ0v) is 30.3. The number of anilines is 1. The maximum Gasteiger partial charge on any atom is 0.423 e. The van der Waals surface area contributed by atoms with Crippen molar-refractivity contribution >= 4 is 51.4 Å². The summed E-state index contributed by atoms with van der Waals surface area (Å²) in [5, 5.41) is 11.4. The second-order valence-corrected chi connectivity index (χ2v) is 13.5. The van der Waals surface area contributed by atoms with Crippen molar-refractivity contribution in [3.05, 3.63) is 81.5 Å². The summed E-state index contributed by atoms with van der Waals surface area (Å²) < 4.78 is 13.3. The van der Waals surface area contributed by atoms with Crippen LogP contribution in [0.4, 0.5) is 5.69 Å². The molecule has 0 bridgehead atoms. The number of methoxy groups -OCH3 is 2. The summed E-state index contributed by atoms with van der Waals surface area (Å²) in [6, 6.07) is 18.5. The van der Waals surface area contributed by atoms with Crippen molar-refractivity contribution in [2.75, 3.05) is 57.6 Å². The summed E-state index contributed by atoms with van der Waals surface area (Å²) in [4.78, 5) is 9.97. The zero-order chi connectivity index (χ0) is 32.4. The van der Waals surface area contributed by atoms with Crippen molar-refractivity contribution in [1.82, 2.24) is 20.1 Å². The number of fused-ring (bicyclic) bond motifs is 1. The number of H-pyrrole nitrogens is 1. The summed E-state index contributed by atoms with van der Waals surface area (Å²) >= 11 is 14.5. The minimum Gasteiger partial charge on any atom is -1.00 e. The first-order valence-corrected chi connectivity index (χ1v) is 17.2. The van der Waals surface area contributed by atoms with Crippen LogP contribution in [0, 0.1) is 20.8 Å². The molecule has 0 aliphatic carbocycles. The number of hydrogen-bond acceptors (Lipinski definition) is 7. The second-order valence-electron chi connectivity index (χ2n) is 11.6. The number of thioether (sulfide) groups is 1. The molecule has 6 rings (SSSR count). The number of nitrogens with one attached hydrogen (secondary N) is 1. The summed E-state index contributed by atoms with van der Waals surface area (Å²) in [6.07, 6.45) is 1.07. The Labute approximate surface area is 296 Å². The van der Waals surface area contributed by atoms with Gasteiger partial charge in [-0.05, 0) is 104 Å². The average Bonchev–Trinajstić information content (AvgIpc) is 3.53. The van der Waals surface area contributed by atoms with Crippen LogP contribution >= 0.6 is 35.0 Å². The first kappa shape index (κ1) is 35.1. The molecule has 0 spiro atoms. The van der Waals surface area contributed by atoms with Gasteiger partial charge in [0.05, 0.1) is 30.0 Å². The van der Waals surface area contributed by atoms with Crippen LogP contribution in [-0.4, -0.2) is 72.8 Å². The third-order valence-corrected chi connectivity index (χ3v) is 10.4. The van der Waals surface area contributed by atoms with Gasteiger partial charge in [-0.3, -0.25) is 4.90 Å². The molecule has 1 fully saturated rings. The number of aromatic amines is 1. The number of benzene rings is 3. The van der Waals surface area contributed by atoms with E-state index in [-0.39, 0.29) is 12.4 Å². The number of ether oxygens (including phenoxy) is 2. The fourth-order valence-corrected chi connectivity index (χ4v) is 7.03. The van der Waals surface area contributed by atoms with E-state index in [4.69, 9.17) is 37.7 Å². The van der Waals surface area contributed by atoms with Crippen LogP contribution in [0.2, 0.25) is 10.0 Å². The minimum absolute atomic E-state index is 0. The van der Waals surface area contributed by atoms with Crippen LogP contribution in [0.25, 0.3) is 28.0 Å². The van der Waals surface area contributed by atoms with Crippen molar-refractivity contribution in [3.63, 3.8) is 0 Å². The number of halogens is 3. The van der Waals surface area contributed by atoms with Crippen LogP contribution in [0.3, 0.4) is 0 Å². The van der Waals surface area contributed by atoms with Gasteiger partial charge >= 0.3 is 5.95 Å². The molecule has 1 saturated heterocycles. The molecule has 2 aromatic heterocycles. The van der Waals surface area contributed by atoms with Gasteiger partial charge < -0.3 is 26.8 Å². The quantitative estimate of drug-likeness (QED) is 0.130. The number of piperazine rings is 1. The molecular weight excluding hydrogens is 675 g/mol. The molecule has 1 aliphatic heterocycles. The standard InChI is InChI=1S/C35H39Cl2N6O2S.ClH/c1-22-7-9-27(17-23(22)2)42-14-12-41(13-15-42)11-6-16-46-35-38-34(39-40-35)43-24(3)18-26-20-31(44-4)32(45-5)21-28(26)33(43)25-8-10-29(36)30(37)19-25;/h7-10,17-21H,6,11-16H2,1-5H3,(H,38,39,40);1H/q+1;/p-1. The number of hydrogen-bond donors (Lipinski definition) is 1. The molecule has 0 unspecified atom stereocenters. The number of aryl methyl sites for hydroxylation is 3. The van der Waals surface area contributed by atoms with Gasteiger partial charge in [0.1, 0.15) is 5.69 Å². The van der Waals surface area contributed by atoms with Crippen LogP contribution in [-0.2, 0) is 0 Å². The molecule has 3 aromatic carbocycles. The summed E-state index contributed by atoms with van der Waals surface area (Å²) in [5.41, 5.74) is 6.78. The first-order chi connectivity index (χ1) is 22.2. The topological polar surface area (TPSA) is 70.4 Å². The van der Waals surface area contributed by atoms with Gasteiger partial charge in [0.15, 0.2) is 11.5 Å². The minimum atomic E-state index is 0. The van der Waals surface area contributed by atoms with Gasteiger partial charge in [-0.2, -0.15) is 4.57 Å². The van der Waals surface area contributed by atoms with E-state index in [2.05, 4.69) is 62.7 Å². The van der Waals surface area contributed by atoms with Crippen molar-refractivity contribution < 1.29 is 26.4 Å². The molecule has 0 saturated carbocycles. The fourth-order valence-electron chi connectivity index (χ4n) is 6.01. The summed E-state index contributed by atoms with van der Waals surface area (Å²) in [7, 11) is 3.28. The fraction of sp³-hybridized carbons (Fsp3) is 0.343. The highest BCUT2D eigenvalue weighted by Gasteiger charge is 2.25. The molecule has 1 aliphatic rings. The van der Waals surface area contributed by atoms with Crippen molar-refractivity contribution in [2.24, 2.45) is 0 Å². The van der Waals surface area contributed by atoms with E-state index in [1.54, 1.807) is 26.0 Å². The Morgan fingerprint density at radius 3 is 2.32 bits per heavy atom. The maximum atomic E-state index is 6.51. The number of aromatic nitrogens is 4. The summed E-state index contributed by atoms with van der Waals surface area (Å²) in [5.74, 6) is 2.85. The first-order valence-electron chi connectivity index (χ1n) is 15.4. The van der Waals surface area contributed by atoms with E-state index < -0.39 is 0 Å². The Hall–Kier alpha value is -3.21. The Morgan fingerprint density at radius 2 is 1.62 bits per heavy atom. The van der Waals surface area contributed by atoms with E-state index in [0.717, 1.165) is 72.6 Å². The molecular formula is C35H39Cl3N6O2S. The normalized spacial score (nSPS) is 13.6. The summed E-state index contributed by atoms with van der Waals surface area (Å²) in [6.45, 7) is 11.7. The zero-order valence-electron chi connectivity index (χ0n) is 27.2. The van der Waals surface area contributed by atoms with E-state index in [1.807, 2.05) is 37.3 Å². The van der Waals surface area contributed by atoms with Gasteiger partial charge in [0.2, 0.25) is 0 Å². The lowest BCUT2D eigenvalue weighted by Crippen LogP contribution is -3.00. The van der Waals surface area contributed by atoms with Crippen molar-refractivity contribution in [2.45, 2.75) is 32.3 Å². The third-order valence-electron chi connectivity index (χ3n) is 8.69. The Morgan fingerprint density at radius 1 is 0.872 bits per heavy atom. The van der Waals surface area contributed by atoms with Crippen molar-refractivity contribution in [3.8, 4) is 28.7 Å². The van der Waals surface area contributed by atoms with Crippen LogP contribution < -0.4 is 31.3 Å². The van der Waals surface area contributed by atoms with Gasteiger partial charge in [-0.1, -0.05) is 46.1 Å². The van der Waals surface area contributed by atoms with E-state index in [0.29, 0.717) is 32.6 Å². The Balaban J connectivity index is 0.00000433. The molecule has 5 aromatic rings. The Bertz CT molecular complexity index is 1880. The predicted molar refractivity (Wildman–Crippen MR) is 189 cm³/mol. The van der Waals surface area contributed by atoms with Gasteiger partial charge in [-0.15, -0.1) is 5.10 Å². The van der Waals surface area contributed by atoms with Crippen LogP contribution in [0.15, 0.2) is 59.8 Å². The molecule has 0 atom stereocenters. The smallest absolute Gasteiger partial charge is 0.423 e. The largest absolute Gasteiger partial charge is 1.00 e. The maximum absolute atomic E-state index is 6.51. The molecule has 248 valence electrons. The Kier molecular flexibility index (Phi) is 11.5. The molecule has 0 radical (unpaired) electrons. The highest BCUT2D eigenvalue weighted by Crippen LogP contribution is 2.38. The SMILES string of the molecule is COc1cc2cc(C)[n+](-c3nc(SCCCN4CCN(c5ccc(C)c(C)c5)CC4)n[nH]3)c(-c3ccc(Cl)c(Cl)c3)c2cc1OC.[Cl-]. The van der Waals surface area contributed by atoms with Crippen LogP contribution in [0.1, 0.15) is 23.2 Å². The van der Waals surface area contributed by atoms with Crippen LogP contribution in [0.5, 0.6) is 11.5 Å². The molecule has 12 heteroatoms. The van der Waals surface area contributed by atoms with Crippen molar-refractivity contribution in [1.29, 1.82) is 0 Å². The highest BCUT2D eigenvalue weighted by atomic mass is 35.5. The molecule has 1 N–H and O–H groups in total. The molecule has 47 heavy (non-hydrogen) atoms. The molecule has 3 heterocycles. The average molecular weight is 714 g/mol. The lowest BCUT2D eigenvalue weighted by molar-refractivity contribution is -0.597. The van der Waals surface area contributed by atoms with E-state index >= 15 is 0 Å². The van der Waals surface area contributed by atoms with Gasteiger partial charge in [-0.25, -0.2) is 0 Å². The number of nitrogens with zero attached hydrogens (tertiary/aromatic N) is 5. The molecule has 8 nitrogen and oxygen atoms in total. The lowest BCUT2D eigenvalue weighted by atomic mass is 10.0. The molecule has 0 amide bonds. The van der Waals surface area contributed by atoms with Gasteiger partial charge in [0, 0.05) is 48.6 Å². The predicted octanol–water partition coefficient (Wildman–Crippen LogP) is 4.46. The second kappa shape index (κ2) is 15.3.